The number of hydrogen-bond acceptors (Lipinski definition) is 10. The molecule has 0 fully saturated rings. The number of nitrogens with one attached hydrogen (secondary N) is 2. The van der Waals surface area contributed by atoms with E-state index in [0.29, 0.717) is 29.7 Å². The molecule has 0 saturated heterocycles. The van der Waals surface area contributed by atoms with Gasteiger partial charge in [0, 0.05) is 17.3 Å². The maximum absolute atomic E-state index is 12.4. The Balaban J connectivity index is 1.94. The Bertz CT molecular complexity index is 1300. The Morgan fingerprint density at radius 1 is 1.25 bits per heavy atom. The first-order chi connectivity index (χ1) is 17.2. The van der Waals surface area contributed by atoms with E-state index in [9.17, 15) is 25.1 Å². The summed E-state index contributed by atoms with van der Waals surface area (Å²) in [5.74, 6) is -1.03. The number of phenols is 1. The van der Waals surface area contributed by atoms with Gasteiger partial charge >= 0.3 is 0 Å². The highest BCUT2D eigenvalue weighted by Gasteiger charge is 2.25. The van der Waals surface area contributed by atoms with Gasteiger partial charge < -0.3 is 25.0 Å². The fourth-order valence-corrected chi connectivity index (χ4v) is 3.42. The zero-order valence-corrected chi connectivity index (χ0v) is 20.2. The lowest BCUT2D eigenvalue weighted by molar-refractivity contribution is -0.0783. The van der Waals surface area contributed by atoms with E-state index >= 15 is 0 Å². The SMILES string of the molecule is CCCc1c(OC(Oc2cc(NC(=O)c3nn[nH]n3)c(C)cc2C#N)C(C)O)ccc(C(C)=O)c1O. The number of nitriles is 1. The van der Waals surface area contributed by atoms with Crippen molar-refractivity contribution in [3.05, 3.63) is 52.3 Å². The topological polar surface area (TPSA) is 183 Å². The number of aryl methyl sites for hydroxylation is 1. The number of rotatable bonds is 10. The van der Waals surface area contributed by atoms with Gasteiger partial charge in [0.15, 0.2) is 5.78 Å². The predicted octanol–water partition coefficient (Wildman–Crippen LogP) is 2.66. The lowest BCUT2D eigenvalue weighted by atomic mass is 10.0. The van der Waals surface area contributed by atoms with Crippen LogP contribution in [0.3, 0.4) is 0 Å². The number of H-pyrrole nitrogens is 1. The summed E-state index contributed by atoms with van der Waals surface area (Å²) < 4.78 is 11.8. The maximum atomic E-state index is 12.4. The number of nitrogens with zero attached hydrogens (tertiary/aromatic N) is 4. The second kappa shape index (κ2) is 11.3. The van der Waals surface area contributed by atoms with Crippen LogP contribution in [0.1, 0.15) is 64.9 Å². The van der Waals surface area contributed by atoms with Crippen molar-refractivity contribution >= 4 is 17.4 Å². The number of phenolic OH excluding ortho intramolecular Hbond substituents is 1. The van der Waals surface area contributed by atoms with Crippen LogP contribution in [0.15, 0.2) is 24.3 Å². The summed E-state index contributed by atoms with van der Waals surface area (Å²) in [5.41, 5.74) is 1.59. The molecule has 0 aliphatic carbocycles. The summed E-state index contributed by atoms with van der Waals surface area (Å²) in [5, 5.41) is 46.0. The van der Waals surface area contributed by atoms with Gasteiger partial charge in [-0.1, -0.05) is 13.3 Å². The maximum Gasteiger partial charge on any atom is 0.297 e. The van der Waals surface area contributed by atoms with Crippen LogP contribution >= 0.6 is 0 Å². The average molecular weight is 495 g/mol. The van der Waals surface area contributed by atoms with Crippen molar-refractivity contribution < 1.29 is 29.3 Å². The Morgan fingerprint density at radius 2 is 1.97 bits per heavy atom. The first-order valence-electron chi connectivity index (χ1n) is 11.1. The van der Waals surface area contributed by atoms with Crippen molar-refractivity contribution in [2.24, 2.45) is 0 Å². The highest BCUT2D eigenvalue weighted by molar-refractivity contribution is 6.02. The largest absolute Gasteiger partial charge is 0.507 e. The van der Waals surface area contributed by atoms with E-state index in [1.54, 1.807) is 6.92 Å². The van der Waals surface area contributed by atoms with Gasteiger partial charge in [0.2, 0.25) is 0 Å². The third-order valence-corrected chi connectivity index (χ3v) is 5.24. The predicted molar refractivity (Wildman–Crippen MR) is 127 cm³/mol. The summed E-state index contributed by atoms with van der Waals surface area (Å²) in [6.45, 7) is 6.38. The molecule has 2 aromatic carbocycles. The number of carbonyl (C=O) groups is 2. The monoisotopic (exact) mass is 494 g/mol. The molecule has 4 N–H and O–H groups in total. The lowest BCUT2D eigenvalue weighted by Crippen LogP contribution is -2.35. The van der Waals surface area contributed by atoms with E-state index in [-0.39, 0.29) is 40.0 Å². The third kappa shape index (κ3) is 5.76. The number of carbonyl (C=O) groups excluding carboxylic acids is 2. The number of aromatic hydroxyl groups is 1. The minimum atomic E-state index is -1.29. The molecule has 1 aromatic heterocycles. The van der Waals surface area contributed by atoms with Crippen molar-refractivity contribution in [2.45, 2.75) is 52.9 Å². The number of ether oxygens (including phenoxy) is 2. The summed E-state index contributed by atoms with van der Waals surface area (Å²) in [4.78, 5) is 24.2. The molecule has 0 saturated carbocycles. The molecule has 1 amide bonds. The molecule has 1 heterocycles. The van der Waals surface area contributed by atoms with Crippen LogP contribution in [0.2, 0.25) is 0 Å². The zero-order valence-electron chi connectivity index (χ0n) is 20.2. The number of hydrogen-bond donors (Lipinski definition) is 4. The lowest BCUT2D eigenvalue weighted by Gasteiger charge is -2.25. The van der Waals surface area contributed by atoms with Crippen LogP contribution in [0.4, 0.5) is 5.69 Å². The third-order valence-electron chi connectivity index (χ3n) is 5.24. The van der Waals surface area contributed by atoms with Crippen molar-refractivity contribution in [2.75, 3.05) is 5.32 Å². The number of amides is 1. The van der Waals surface area contributed by atoms with E-state index in [0.717, 1.165) is 0 Å². The van der Waals surface area contributed by atoms with Gasteiger partial charge in [-0.15, -0.1) is 10.2 Å². The molecular weight excluding hydrogens is 468 g/mol. The van der Waals surface area contributed by atoms with Crippen LogP contribution in [0, 0.1) is 18.3 Å². The van der Waals surface area contributed by atoms with Gasteiger partial charge in [0.05, 0.1) is 11.1 Å². The summed E-state index contributed by atoms with van der Waals surface area (Å²) in [6.07, 6.45) is -1.39. The highest BCUT2D eigenvalue weighted by Crippen LogP contribution is 2.35. The minimum Gasteiger partial charge on any atom is -0.507 e. The number of Topliss-reactive ketones (excluding diaryl/α,β-unsaturated/α-hetero) is 1. The molecule has 36 heavy (non-hydrogen) atoms. The highest BCUT2D eigenvalue weighted by atomic mass is 16.7. The Labute approximate surface area is 206 Å². The van der Waals surface area contributed by atoms with E-state index in [1.807, 2.05) is 13.0 Å². The Morgan fingerprint density at radius 3 is 2.56 bits per heavy atom. The molecule has 12 nitrogen and oxygen atoms in total. The summed E-state index contributed by atoms with van der Waals surface area (Å²) in [7, 11) is 0. The van der Waals surface area contributed by atoms with Gasteiger partial charge in [0.25, 0.3) is 18.0 Å². The van der Waals surface area contributed by atoms with Crippen molar-refractivity contribution in [3.63, 3.8) is 0 Å². The number of ketones is 1. The van der Waals surface area contributed by atoms with Gasteiger partial charge in [-0.3, -0.25) is 9.59 Å². The number of aromatic amines is 1. The fraction of sp³-hybridized carbons (Fsp3) is 0.333. The number of aromatic nitrogens is 4. The number of aliphatic hydroxyl groups is 1. The molecule has 2 unspecified atom stereocenters. The Kier molecular flexibility index (Phi) is 8.18. The van der Waals surface area contributed by atoms with Crippen molar-refractivity contribution in [1.82, 2.24) is 20.6 Å². The van der Waals surface area contributed by atoms with Crippen LogP contribution < -0.4 is 14.8 Å². The minimum absolute atomic E-state index is 0.0408. The second-order valence-corrected chi connectivity index (χ2v) is 8.05. The average Bonchev–Trinajstić information content (AvgIpc) is 3.37. The standard InChI is InChI=1S/C24H26N6O6/c1-5-6-17-19(8-7-16(13(3)31)21(17)33)35-24(14(4)32)36-20-10-18(12(2)9-15(20)11-25)26-23(34)22-27-29-30-28-22/h7-10,14,24,32-33H,5-6H2,1-4H3,(H,26,34)(H,27,28,29,30). The number of tetrazole rings is 1. The van der Waals surface area contributed by atoms with Gasteiger partial charge in [-0.25, -0.2) is 0 Å². The molecule has 0 aliphatic rings. The number of benzene rings is 2. The smallest absolute Gasteiger partial charge is 0.297 e. The van der Waals surface area contributed by atoms with E-state index in [2.05, 4.69) is 25.9 Å². The quantitative estimate of drug-likeness (QED) is 0.241. The first kappa shape index (κ1) is 26.1. The second-order valence-electron chi connectivity index (χ2n) is 8.05. The van der Waals surface area contributed by atoms with Crippen LogP contribution in [-0.2, 0) is 6.42 Å². The van der Waals surface area contributed by atoms with E-state index in [1.165, 1.54) is 38.1 Å². The van der Waals surface area contributed by atoms with Crippen molar-refractivity contribution in [3.8, 4) is 23.3 Å². The normalized spacial score (nSPS) is 12.3. The molecule has 12 heteroatoms. The van der Waals surface area contributed by atoms with Gasteiger partial charge in [-0.05, 0) is 56.2 Å². The van der Waals surface area contributed by atoms with E-state index in [4.69, 9.17) is 9.47 Å². The molecule has 188 valence electrons. The molecule has 2 atom stereocenters. The molecule has 0 aliphatic heterocycles. The molecule has 0 radical (unpaired) electrons. The van der Waals surface area contributed by atoms with Crippen LogP contribution in [0.5, 0.6) is 17.2 Å². The van der Waals surface area contributed by atoms with Gasteiger partial charge in [-0.2, -0.15) is 10.5 Å². The molecule has 3 aromatic rings. The summed E-state index contributed by atoms with van der Waals surface area (Å²) >= 11 is 0. The van der Waals surface area contributed by atoms with Crippen molar-refractivity contribution in [1.29, 1.82) is 5.26 Å². The molecule has 0 spiro atoms. The summed E-state index contributed by atoms with van der Waals surface area (Å²) in [6, 6.07) is 7.91. The fourth-order valence-electron chi connectivity index (χ4n) is 3.42. The number of anilines is 1. The molecular formula is C24H26N6O6. The Hall–Kier alpha value is -4.50. The zero-order chi connectivity index (χ0) is 26.4. The molecule has 3 rings (SSSR count). The first-order valence-corrected chi connectivity index (χ1v) is 11.1. The van der Waals surface area contributed by atoms with E-state index < -0.39 is 18.3 Å². The van der Waals surface area contributed by atoms with Crippen LogP contribution in [-0.4, -0.2) is 54.9 Å². The van der Waals surface area contributed by atoms with Gasteiger partial charge in [0.1, 0.15) is 29.4 Å². The van der Waals surface area contributed by atoms with Crippen LogP contribution in [0.25, 0.3) is 0 Å². The number of aliphatic hydroxyl groups excluding tert-OH is 1. The molecule has 0 bridgehead atoms.